The maximum atomic E-state index is 6.37. The molecule has 1 aliphatic rings. The smallest absolute Gasteiger partial charge is 0.247 e. The van der Waals surface area contributed by atoms with Gasteiger partial charge < -0.3 is 10.1 Å². The summed E-state index contributed by atoms with van der Waals surface area (Å²) in [6.45, 7) is 4.33. The van der Waals surface area contributed by atoms with Crippen molar-refractivity contribution in [3.63, 3.8) is 0 Å². The molecule has 1 atom stereocenters. The molecule has 156 valence electrons. The number of benzene rings is 2. The fourth-order valence-electron chi connectivity index (χ4n) is 3.60. The summed E-state index contributed by atoms with van der Waals surface area (Å²) in [5.74, 6) is 1.53. The summed E-state index contributed by atoms with van der Waals surface area (Å²) in [7, 11) is 0. The van der Waals surface area contributed by atoms with Gasteiger partial charge in [0.2, 0.25) is 11.0 Å². The number of nitrogens with zero attached hydrogens (tertiary/aromatic N) is 3. The lowest BCUT2D eigenvalue weighted by Crippen LogP contribution is -2.18. The van der Waals surface area contributed by atoms with Crippen LogP contribution in [0, 0.1) is 6.92 Å². The highest BCUT2D eigenvalue weighted by Crippen LogP contribution is 2.39. The van der Waals surface area contributed by atoms with Crippen molar-refractivity contribution in [3.05, 3.63) is 59.7 Å². The van der Waals surface area contributed by atoms with E-state index in [-0.39, 0.29) is 6.23 Å². The van der Waals surface area contributed by atoms with E-state index in [4.69, 9.17) is 9.72 Å². The van der Waals surface area contributed by atoms with E-state index < -0.39 is 0 Å². The van der Waals surface area contributed by atoms with Crippen LogP contribution in [0.3, 0.4) is 0 Å². The molecule has 0 saturated carbocycles. The summed E-state index contributed by atoms with van der Waals surface area (Å²) >= 11 is 1.65. The zero-order valence-corrected chi connectivity index (χ0v) is 18.4. The normalized spacial score (nSPS) is 14.8. The quantitative estimate of drug-likeness (QED) is 0.335. The van der Waals surface area contributed by atoms with Crippen molar-refractivity contribution in [2.45, 2.75) is 57.3 Å². The number of thioether (sulfide) groups is 1. The minimum atomic E-state index is -0.336. The average Bonchev–Trinajstić information content (AvgIpc) is 2.93. The molecule has 2 heterocycles. The second kappa shape index (κ2) is 9.94. The molecule has 6 heteroatoms. The molecule has 1 aliphatic heterocycles. The van der Waals surface area contributed by atoms with Crippen molar-refractivity contribution in [2.24, 2.45) is 0 Å². The molecule has 0 fully saturated rings. The van der Waals surface area contributed by atoms with Crippen molar-refractivity contribution in [2.75, 3.05) is 11.1 Å². The van der Waals surface area contributed by atoms with E-state index in [2.05, 4.69) is 41.5 Å². The molecule has 2 aromatic carbocycles. The number of rotatable bonds is 8. The van der Waals surface area contributed by atoms with Gasteiger partial charge in [0.25, 0.3) is 0 Å². The van der Waals surface area contributed by atoms with E-state index >= 15 is 0 Å². The molecular formula is C24H28N4OS. The van der Waals surface area contributed by atoms with Gasteiger partial charge in [-0.3, -0.25) is 0 Å². The first-order chi connectivity index (χ1) is 14.8. The van der Waals surface area contributed by atoms with Crippen LogP contribution in [0.25, 0.3) is 11.3 Å². The van der Waals surface area contributed by atoms with Gasteiger partial charge in [0.1, 0.15) is 0 Å². The molecule has 0 radical (unpaired) electrons. The third-order valence-electron chi connectivity index (χ3n) is 5.28. The fourth-order valence-corrected chi connectivity index (χ4v) is 4.38. The number of nitrogens with one attached hydrogen (secondary N) is 1. The van der Waals surface area contributed by atoms with E-state index in [0.717, 1.165) is 22.6 Å². The lowest BCUT2D eigenvalue weighted by molar-refractivity contribution is 0.224. The number of hydrogen-bond acceptors (Lipinski definition) is 6. The summed E-state index contributed by atoms with van der Waals surface area (Å²) in [6.07, 6.45) is 5.95. The molecule has 3 aromatic rings. The first kappa shape index (κ1) is 20.7. The summed E-state index contributed by atoms with van der Waals surface area (Å²) in [4.78, 5) is 4.74. The number of unbranched alkanes of at least 4 members (excludes halogenated alkanes) is 4. The monoisotopic (exact) mass is 420 g/mol. The molecule has 0 amide bonds. The number of fused-ring (bicyclic) bond motifs is 3. The molecule has 0 aliphatic carbocycles. The predicted molar refractivity (Wildman–Crippen MR) is 123 cm³/mol. The highest BCUT2D eigenvalue weighted by molar-refractivity contribution is 7.99. The highest BCUT2D eigenvalue weighted by atomic mass is 32.2. The Morgan fingerprint density at radius 1 is 0.967 bits per heavy atom. The molecule has 4 rings (SSSR count). The minimum Gasteiger partial charge on any atom is -0.448 e. The Bertz CT molecular complexity index is 994. The summed E-state index contributed by atoms with van der Waals surface area (Å²) in [5, 5.41) is 13.1. The minimum absolute atomic E-state index is 0.336. The van der Waals surface area contributed by atoms with Gasteiger partial charge in [0, 0.05) is 22.6 Å². The number of aryl methyl sites for hydroxylation is 1. The molecule has 0 saturated heterocycles. The number of para-hydroxylation sites is 1. The highest BCUT2D eigenvalue weighted by Gasteiger charge is 2.26. The van der Waals surface area contributed by atoms with Gasteiger partial charge in [-0.05, 0) is 25.0 Å². The van der Waals surface area contributed by atoms with Crippen LogP contribution in [0.15, 0.2) is 53.7 Å². The van der Waals surface area contributed by atoms with Crippen molar-refractivity contribution < 1.29 is 4.74 Å². The molecule has 1 aromatic heterocycles. The van der Waals surface area contributed by atoms with Crippen LogP contribution >= 0.6 is 11.8 Å². The lowest BCUT2D eigenvalue weighted by Gasteiger charge is -2.21. The van der Waals surface area contributed by atoms with Gasteiger partial charge in [0.15, 0.2) is 11.9 Å². The van der Waals surface area contributed by atoms with Gasteiger partial charge in [-0.25, -0.2) is 0 Å². The standard InChI is InChI=1S/C24H28N4OS/c1-3-4-5-6-11-16-30-24-26-23-21(27-28-24)19-14-9-10-15-20(19)25-22(29-23)18-13-8-7-12-17(18)2/h7-10,12-15,22,25H,3-6,11,16H2,1-2H3/t22-/m0/s1. The van der Waals surface area contributed by atoms with Crippen LogP contribution in [0.4, 0.5) is 5.69 Å². The third-order valence-corrected chi connectivity index (χ3v) is 6.21. The van der Waals surface area contributed by atoms with Crippen LogP contribution in [-0.4, -0.2) is 20.9 Å². The van der Waals surface area contributed by atoms with Crippen LogP contribution in [0.1, 0.15) is 56.4 Å². The first-order valence-electron chi connectivity index (χ1n) is 10.7. The molecule has 5 nitrogen and oxygen atoms in total. The van der Waals surface area contributed by atoms with Crippen LogP contribution in [-0.2, 0) is 0 Å². The van der Waals surface area contributed by atoms with E-state index in [1.807, 2.05) is 36.4 Å². The average molecular weight is 421 g/mol. The van der Waals surface area contributed by atoms with Gasteiger partial charge in [0.05, 0.1) is 0 Å². The van der Waals surface area contributed by atoms with Gasteiger partial charge in [-0.15, -0.1) is 10.2 Å². The zero-order valence-electron chi connectivity index (χ0n) is 17.6. The topological polar surface area (TPSA) is 59.9 Å². The maximum Gasteiger partial charge on any atom is 0.247 e. The van der Waals surface area contributed by atoms with Crippen LogP contribution < -0.4 is 10.1 Å². The zero-order chi connectivity index (χ0) is 20.8. The van der Waals surface area contributed by atoms with Crippen molar-refractivity contribution >= 4 is 17.4 Å². The Balaban J connectivity index is 1.59. The summed E-state index contributed by atoms with van der Waals surface area (Å²) in [5.41, 5.74) is 4.86. The Hall–Kier alpha value is -2.60. The Labute approximate surface area is 182 Å². The molecular weight excluding hydrogens is 392 g/mol. The van der Waals surface area contributed by atoms with Gasteiger partial charge in [-0.2, -0.15) is 4.98 Å². The molecule has 0 unspecified atom stereocenters. The van der Waals surface area contributed by atoms with Gasteiger partial charge >= 0.3 is 0 Å². The first-order valence-corrected chi connectivity index (χ1v) is 11.7. The Morgan fingerprint density at radius 3 is 2.63 bits per heavy atom. The molecule has 0 spiro atoms. The van der Waals surface area contributed by atoms with Crippen molar-refractivity contribution in [1.82, 2.24) is 15.2 Å². The van der Waals surface area contributed by atoms with Gasteiger partial charge in [-0.1, -0.05) is 86.8 Å². The summed E-state index contributed by atoms with van der Waals surface area (Å²) in [6, 6.07) is 16.3. The number of aromatic nitrogens is 3. The van der Waals surface area contributed by atoms with E-state index in [1.54, 1.807) is 11.8 Å². The predicted octanol–water partition coefficient (Wildman–Crippen LogP) is 6.41. The second-order valence-corrected chi connectivity index (χ2v) is 8.62. The molecule has 0 bridgehead atoms. The number of hydrogen-bond donors (Lipinski definition) is 1. The van der Waals surface area contributed by atoms with Crippen LogP contribution in [0.2, 0.25) is 0 Å². The summed E-state index contributed by atoms with van der Waals surface area (Å²) < 4.78 is 6.37. The second-order valence-electron chi connectivity index (χ2n) is 7.56. The Morgan fingerprint density at radius 2 is 1.77 bits per heavy atom. The molecule has 30 heavy (non-hydrogen) atoms. The van der Waals surface area contributed by atoms with E-state index in [9.17, 15) is 0 Å². The largest absolute Gasteiger partial charge is 0.448 e. The van der Waals surface area contributed by atoms with Crippen molar-refractivity contribution in [3.8, 4) is 17.1 Å². The number of anilines is 1. The van der Waals surface area contributed by atoms with Crippen LogP contribution in [0.5, 0.6) is 5.88 Å². The molecule has 1 N–H and O–H groups in total. The van der Waals surface area contributed by atoms with E-state index in [1.165, 1.54) is 37.7 Å². The SMILES string of the molecule is CCCCCCCSc1nnc2c(n1)O[C@@H](c1ccccc1C)Nc1ccccc1-2. The Kier molecular flexibility index (Phi) is 6.84. The third kappa shape index (κ3) is 4.75. The van der Waals surface area contributed by atoms with Crippen molar-refractivity contribution in [1.29, 1.82) is 0 Å². The maximum absolute atomic E-state index is 6.37. The van der Waals surface area contributed by atoms with E-state index in [0.29, 0.717) is 16.7 Å². The number of ether oxygens (including phenoxy) is 1. The fraction of sp³-hybridized carbons (Fsp3) is 0.375. The lowest BCUT2D eigenvalue weighted by atomic mass is 10.1.